The van der Waals surface area contributed by atoms with Gasteiger partial charge in [-0.25, -0.2) is 0 Å². The Labute approximate surface area is 163 Å². The molecular formula is C23H21N3O2. The Morgan fingerprint density at radius 3 is 2.57 bits per heavy atom. The van der Waals surface area contributed by atoms with Gasteiger partial charge >= 0.3 is 0 Å². The summed E-state index contributed by atoms with van der Waals surface area (Å²) in [5.74, 6) is -0.333. The average molecular weight is 371 g/mol. The molecule has 0 saturated carbocycles. The molecule has 28 heavy (non-hydrogen) atoms. The fourth-order valence-electron chi connectivity index (χ4n) is 3.40. The van der Waals surface area contributed by atoms with Gasteiger partial charge in [-0.15, -0.1) is 0 Å². The van der Waals surface area contributed by atoms with Gasteiger partial charge in [0.1, 0.15) is 0 Å². The Bertz CT molecular complexity index is 1090. The fourth-order valence-corrected chi connectivity index (χ4v) is 3.40. The van der Waals surface area contributed by atoms with Crippen LogP contribution in [0.25, 0.3) is 11.6 Å². The van der Waals surface area contributed by atoms with Crippen molar-refractivity contribution in [2.45, 2.75) is 20.4 Å². The molecule has 2 heterocycles. The quantitative estimate of drug-likeness (QED) is 0.605. The van der Waals surface area contributed by atoms with Crippen molar-refractivity contribution in [1.82, 2.24) is 10.3 Å². The van der Waals surface area contributed by atoms with Gasteiger partial charge in [0.05, 0.1) is 5.57 Å². The van der Waals surface area contributed by atoms with Crippen molar-refractivity contribution in [2.75, 3.05) is 5.32 Å². The molecule has 2 amide bonds. The second-order valence-electron chi connectivity index (χ2n) is 6.99. The molecule has 0 fully saturated rings. The van der Waals surface area contributed by atoms with Crippen LogP contribution < -0.4 is 10.6 Å². The number of benzene rings is 2. The molecule has 5 heteroatoms. The van der Waals surface area contributed by atoms with Gasteiger partial charge in [-0.1, -0.05) is 30.3 Å². The summed E-state index contributed by atoms with van der Waals surface area (Å²) in [5, 5.41) is 5.79. The molecule has 4 rings (SSSR count). The standard InChI is InChI=1S/C23H21N3O2/c1-14-10-15(2)25-21(14)12-19-18-11-17(8-9-20(18)26-23(19)28)22(27)24-13-16-6-4-3-5-7-16/h3-12,25H,13H2,1-2H3,(H,24,27)(H,26,28). The molecule has 1 aromatic heterocycles. The number of fused-ring (bicyclic) bond motifs is 1. The lowest BCUT2D eigenvalue weighted by Gasteiger charge is -2.07. The molecule has 3 aromatic rings. The zero-order valence-electron chi connectivity index (χ0n) is 15.8. The van der Waals surface area contributed by atoms with Crippen LogP contribution in [0.15, 0.2) is 54.6 Å². The van der Waals surface area contributed by atoms with E-state index in [1.807, 2.05) is 56.3 Å². The predicted octanol–water partition coefficient (Wildman–Crippen LogP) is 4.05. The molecule has 1 aliphatic heterocycles. The van der Waals surface area contributed by atoms with Crippen molar-refractivity contribution in [2.24, 2.45) is 0 Å². The number of nitrogens with one attached hydrogen (secondary N) is 3. The lowest BCUT2D eigenvalue weighted by Crippen LogP contribution is -2.22. The summed E-state index contributed by atoms with van der Waals surface area (Å²) in [4.78, 5) is 28.3. The van der Waals surface area contributed by atoms with E-state index >= 15 is 0 Å². The Morgan fingerprint density at radius 1 is 1.07 bits per heavy atom. The number of carbonyl (C=O) groups excluding carboxylic acids is 2. The maximum absolute atomic E-state index is 12.6. The van der Waals surface area contributed by atoms with Crippen LogP contribution >= 0.6 is 0 Å². The van der Waals surface area contributed by atoms with Gasteiger partial charge in [-0.2, -0.15) is 0 Å². The second kappa shape index (κ2) is 7.19. The number of hydrogen-bond donors (Lipinski definition) is 3. The summed E-state index contributed by atoms with van der Waals surface area (Å²) in [7, 11) is 0. The van der Waals surface area contributed by atoms with Crippen molar-refractivity contribution in [3.8, 4) is 0 Å². The van der Waals surface area contributed by atoms with Gasteiger partial charge in [0.25, 0.3) is 11.8 Å². The Balaban J connectivity index is 1.60. The number of carbonyl (C=O) groups is 2. The second-order valence-corrected chi connectivity index (χ2v) is 6.99. The highest BCUT2D eigenvalue weighted by molar-refractivity contribution is 6.35. The topological polar surface area (TPSA) is 74.0 Å². The SMILES string of the molecule is Cc1cc(C)c(C=C2C(=O)Nc3ccc(C(=O)NCc4ccccc4)cc32)[nH]1. The molecule has 0 radical (unpaired) electrons. The number of rotatable bonds is 4. The number of amides is 2. The Hall–Kier alpha value is -3.60. The molecule has 0 bridgehead atoms. The minimum absolute atomic E-state index is 0.163. The first-order valence-electron chi connectivity index (χ1n) is 9.17. The average Bonchev–Trinajstić information content (AvgIpc) is 3.18. The smallest absolute Gasteiger partial charge is 0.256 e. The molecule has 0 unspecified atom stereocenters. The largest absolute Gasteiger partial charge is 0.359 e. The van der Waals surface area contributed by atoms with Gasteiger partial charge in [0.2, 0.25) is 0 Å². The summed E-state index contributed by atoms with van der Waals surface area (Å²) in [5.41, 5.74) is 6.58. The molecule has 0 atom stereocenters. The van der Waals surface area contributed by atoms with Gasteiger partial charge < -0.3 is 15.6 Å². The normalized spacial score (nSPS) is 14.1. The number of aromatic nitrogens is 1. The third-order valence-electron chi connectivity index (χ3n) is 4.84. The van der Waals surface area contributed by atoms with Crippen LogP contribution in [0.2, 0.25) is 0 Å². The van der Waals surface area contributed by atoms with Crippen molar-refractivity contribution in [3.63, 3.8) is 0 Å². The van der Waals surface area contributed by atoms with Gasteiger partial charge in [-0.3, -0.25) is 9.59 Å². The third kappa shape index (κ3) is 3.47. The van der Waals surface area contributed by atoms with Crippen molar-refractivity contribution in [1.29, 1.82) is 0 Å². The van der Waals surface area contributed by atoms with Gasteiger partial charge in [0.15, 0.2) is 0 Å². The van der Waals surface area contributed by atoms with Crippen LogP contribution in [0.1, 0.15) is 38.4 Å². The summed E-state index contributed by atoms with van der Waals surface area (Å²) >= 11 is 0. The number of hydrogen-bond acceptors (Lipinski definition) is 2. The lowest BCUT2D eigenvalue weighted by atomic mass is 10.0. The van der Waals surface area contributed by atoms with Crippen LogP contribution in [0, 0.1) is 13.8 Å². The summed E-state index contributed by atoms with van der Waals surface area (Å²) in [6.45, 7) is 4.43. The maximum atomic E-state index is 12.6. The van der Waals surface area contributed by atoms with Crippen LogP contribution in [0.3, 0.4) is 0 Å². The first-order valence-corrected chi connectivity index (χ1v) is 9.17. The maximum Gasteiger partial charge on any atom is 0.256 e. The van der Waals surface area contributed by atoms with Crippen LogP contribution in [0.4, 0.5) is 5.69 Å². The van der Waals surface area contributed by atoms with E-state index in [2.05, 4.69) is 15.6 Å². The van der Waals surface area contributed by atoms with E-state index in [-0.39, 0.29) is 11.8 Å². The van der Waals surface area contributed by atoms with E-state index < -0.39 is 0 Å². The van der Waals surface area contributed by atoms with Crippen molar-refractivity contribution >= 4 is 29.2 Å². The molecule has 2 aromatic carbocycles. The Kier molecular flexibility index (Phi) is 4.57. The molecule has 0 spiro atoms. The van der Waals surface area contributed by atoms with E-state index in [1.54, 1.807) is 18.2 Å². The van der Waals surface area contributed by atoms with E-state index in [4.69, 9.17) is 0 Å². The van der Waals surface area contributed by atoms with Gasteiger partial charge in [0, 0.05) is 34.7 Å². The first kappa shape index (κ1) is 17.8. The van der Waals surface area contributed by atoms with E-state index in [0.717, 1.165) is 33.8 Å². The monoisotopic (exact) mass is 371 g/mol. The third-order valence-corrected chi connectivity index (χ3v) is 4.84. The summed E-state index contributed by atoms with van der Waals surface area (Å²) in [6, 6.07) is 17.1. The van der Waals surface area contributed by atoms with Crippen molar-refractivity contribution < 1.29 is 9.59 Å². The molecular weight excluding hydrogens is 350 g/mol. The van der Waals surface area contributed by atoms with Gasteiger partial charge in [-0.05, 0) is 55.3 Å². The predicted molar refractivity (Wildman–Crippen MR) is 111 cm³/mol. The molecule has 0 saturated heterocycles. The highest BCUT2D eigenvalue weighted by atomic mass is 16.2. The number of H-pyrrole nitrogens is 1. The lowest BCUT2D eigenvalue weighted by molar-refractivity contribution is -0.110. The fraction of sp³-hybridized carbons (Fsp3) is 0.130. The van der Waals surface area contributed by atoms with Crippen LogP contribution in [-0.2, 0) is 11.3 Å². The molecule has 140 valence electrons. The highest BCUT2D eigenvalue weighted by Crippen LogP contribution is 2.34. The van der Waals surface area contributed by atoms with Crippen LogP contribution in [-0.4, -0.2) is 16.8 Å². The number of anilines is 1. The molecule has 3 N–H and O–H groups in total. The van der Waals surface area contributed by atoms with E-state index in [1.165, 1.54) is 0 Å². The molecule has 1 aliphatic rings. The van der Waals surface area contributed by atoms with E-state index in [0.29, 0.717) is 17.7 Å². The minimum Gasteiger partial charge on any atom is -0.359 e. The van der Waals surface area contributed by atoms with E-state index in [9.17, 15) is 9.59 Å². The highest BCUT2D eigenvalue weighted by Gasteiger charge is 2.25. The molecule has 0 aliphatic carbocycles. The minimum atomic E-state index is -0.169. The van der Waals surface area contributed by atoms with Crippen LogP contribution in [0.5, 0.6) is 0 Å². The zero-order valence-corrected chi connectivity index (χ0v) is 15.8. The van der Waals surface area contributed by atoms with Crippen molar-refractivity contribution in [3.05, 3.63) is 88.2 Å². The molecule has 5 nitrogen and oxygen atoms in total. The zero-order chi connectivity index (χ0) is 19.7. The summed E-state index contributed by atoms with van der Waals surface area (Å²) < 4.78 is 0. The number of aromatic amines is 1. The number of aryl methyl sites for hydroxylation is 2. The first-order chi connectivity index (χ1) is 13.5. The Morgan fingerprint density at radius 2 is 1.86 bits per heavy atom. The summed E-state index contributed by atoms with van der Waals surface area (Å²) in [6.07, 6.45) is 1.84.